The molecule has 1 heterocycles. The molecule has 0 saturated carbocycles. The van der Waals surface area contributed by atoms with E-state index in [0.29, 0.717) is 33.9 Å². The first-order valence-corrected chi connectivity index (χ1v) is 9.58. The van der Waals surface area contributed by atoms with Crippen LogP contribution in [0.25, 0.3) is 11.4 Å². The molecular weight excluding hydrogens is 393 g/mol. The summed E-state index contributed by atoms with van der Waals surface area (Å²) in [5.41, 5.74) is 0.801. The van der Waals surface area contributed by atoms with E-state index >= 15 is 0 Å². The zero-order chi connectivity index (χ0) is 18.4. The molecule has 5 nitrogen and oxygen atoms in total. The molecule has 8 heteroatoms. The molecule has 1 aromatic heterocycles. The molecule has 0 bridgehead atoms. The largest absolute Gasteiger partial charge is 0.347 e. The quantitative estimate of drug-likeness (QED) is 0.567. The first-order chi connectivity index (χ1) is 12.6. The van der Waals surface area contributed by atoms with Gasteiger partial charge in [0.15, 0.2) is 0 Å². The van der Waals surface area contributed by atoms with E-state index in [0.717, 1.165) is 10.5 Å². The van der Waals surface area contributed by atoms with Crippen LogP contribution in [0.3, 0.4) is 0 Å². The standard InChI is InChI=1S/C18H15Cl2N3O2S/c19-13-3-1-12(2-4-13)18-22-17(25-23-18)11-21-16(24)9-10-26-15-7-5-14(20)6-8-15/h1-8H,9-11H2,(H,21,24). The number of nitrogens with zero attached hydrogens (tertiary/aromatic N) is 2. The highest BCUT2D eigenvalue weighted by atomic mass is 35.5. The smallest absolute Gasteiger partial charge is 0.246 e. The average Bonchev–Trinajstić information content (AvgIpc) is 3.11. The zero-order valence-electron chi connectivity index (χ0n) is 13.6. The first kappa shape index (κ1) is 18.8. The minimum absolute atomic E-state index is 0.0716. The van der Waals surface area contributed by atoms with Gasteiger partial charge in [0.2, 0.25) is 17.6 Å². The van der Waals surface area contributed by atoms with Gasteiger partial charge in [-0.15, -0.1) is 11.8 Å². The summed E-state index contributed by atoms with van der Waals surface area (Å²) in [6.07, 6.45) is 0.394. The normalized spacial score (nSPS) is 10.7. The summed E-state index contributed by atoms with van der Waals surface area (Å²) in [6.45, 7) is 0.199. The van der Waals surface area contributed by atoms with Crippen molar-refractivity contribution >= 4 is 40.9 Å². The number of hydrogen-bond acceptors (Lipinski definition) is 5. The van der Waals surface area contributed by atoms with Crippen LogP contribution in [0.4, 0.5) is 0 Å². The highest BCUT2D eigenvalue weighted by molar-refractivity contribution is 7.99. The van der Waals surface area contributed by atoms with Crippen LogP contribution < -0.4 is 5.32 Å². The molecule has 0 fully saturated rings. The van der Waals surface area contributed by atoms with Crippen molar-refractivity contribution in [1.82, 2.24) is 15.5 Å². The van der Waals surface area contributed by atoms with Gasteiger partial charge in [0.05, 0.1) is 6.54 Å². The molecule has 0 aliphatic carbocycles. The van der Waals surface area contributed by atoms with Gasteiger partial charge in [0, 0.05) is 32.7 Å². The molecule has 0 atom stereocenters. The summed E-state index contributed by atoms with van der Waals surface area (Å²) in [5.74, 6) is 1.42. The Hall–Kier alpha value is -2.02. The third kappa shape index (κ3) is 5.49. The van der Waals surface area contributed by atoms with Crippen LogP contribution >= 0.6 is 35.0 Å². The third-order valence-corrected chi connectivity index (χ3v) is 4.94. The Bertz CT molecular complexity index is 867. The molecule has 0 aliphatic rings. The van der Waals surface area contributed by atoms with Crippen molar-refractivity contribution in [3.63, 3.8) is 0 Å². The van der Waals surface area contributed by atoms with Gasteiger partial charge in [0.25, 0.3) is 0 Å². The SMILES string of the molecule is O=C(CCSc1ccc(Cl)cc1)NCc1nc(-c2ccc(Cl)cc2)no1. The minimum atomic E-state index is -0.0716. The number of benzene rings is 2. The molecule has 0 saturated heterocycles. The number of amides is 1. The molecule has 3 aromatic rings. The Morgan fingerprint density at radius 3 is 2.38 bits per heavy atom. The number of rotatable bonds is 7. The van der Waals surface area contributed by atoms with E-state index in [9.17, 15) is 4.79 Å². The van der Waals surface area contributed by atoms with E-state index < -0.39 is 0 Å². The van der Waals surface area contributed by atoms with Gasteiger partial charge in [-0.05, 0) is 48.5 Å². The third-order valence-electron chi connectivity index (χ3n) is 3.42. The van der Waals surface area contributed by atoms with Crippen molar-refractivity contribution in [3.8, 4) is 11.4 Å². The van der Waals surface area contributed by atoms with Crippen molar-refractivity contribution in [2.24, 2.45) is 0 Å². The number of halogens is 2. The van der Waals surface area contributed by atoms with Crippen molar-refractivity contribution in [2.45, 2.75) is 17.9 Å². The van der Waals surface area contributed by atoms with E-state index in [4.69, 9.17) is 27.7 Å². The van der Waals surface area contributed by atoms with Gasteiger partial charge >= 0.3 is 0 Å². The number of aromatic nitrogens is 2. The monoisotopic (exact) mass is 407 g/mol. The molecule has 0 spiro atoms. The molecule has 0 unspecified atom stereocenters. The second kappa shape index (κ2) is 9.07. The lowest BCUT2D eigenvalue weighted by Gasteiger charge is -2.03. The predicted octanol–water partition coefficient (Wildman–Crippen LogP) is 4.84. The van der Waals surface area contributed by atoms with Gasteiger partial charge in [0.1, 0.15) is 0 Å². The minimum Gasteiger partial charge on any atom is -0.347 e. The van der Waals surface area contributed by atoms with Crippen LogP contribution in [0, 0.1) is 0 Å². The summed E-state index contributed by atoms with van der Waals surface area (Å²) in [5, 5.41) is 8.02. The van der Waals surface area contributed by atoms with Crippen LogP contribution in [-0.2, 0) is 11.3 Å². The van der Waals surface area contributed by atoms with Crippen LogP contribution in [0.2, 0.25) is 10.0 Å². The summed E-state index contributed by atoms with van der Waals surface area (Å²) in [6, 6.07) is 14.7. The number of thioether (sulfide) groups is 1. The topological polar surface area (TPSA) is 68.0 Å². The highest BCUT2D eigenvalue weighted by Crippen LogP contribution is 2.21. The Morgan fingerprint density at radius 1 is 1.04 bits per heavy atom. The van der Waals surface area contributed by atoms with Crippen molar-refractivity contribution in [1.29, 1.82) is 0 Å². The molecule has 3 rings (SSSR count). The first-order valence-electron chi connectivity index (χ1n) is 7.84. The van der Waals surface area contributed by atoms with Crippen molar-refractivity contribution in [2.75, 3.05) is 5.75 Å². The van der Waals surface area contributed by atoms with Crippen molar-refractivity contribution < 1.29 is 9.32 Å². The molecule has 26 heavy (non-hydrogen) atoms. The predicted molar refractivity (Wildman–Crippen MR) is 103 cm³/mol. The molecule has 0 radical (unpaired) electrons. The Morgan fingerprint density at radius 2 is 1.69 bits per heavy atom. The van der Waals surface area contributed by atoms with E-state index in [2.05, 4.69) is 15.5 Å². The lowest BCUT2D eigenvalue weighted by atomic mass is 10.2. The van der Waals surface area contributed by atoms with Crippen LogP contribution in [-0.4, -0.2) is 21.8 Å². The highest BCUT2D eigenvalue weighted by Gasteiger charge is 2.10. The van der Waals surface area contributed by atoms with Gasteiger partial charge in [-0.3, -0.25) is 4.79 Å². The maximum atomic E-state index is 11.9. The summed E-state index contributed by atoms with van der Waals surface area (Å²) in [4.78, 5) is 17.3. The zero-order valence-corrected chi connectivity index (χ0v) is 15.9. The van der Waals surface area contributed by atoms with Crippen molar-refractivity contribution in [3.05, 3.63) is 64.5 Å². The molecule has 0 aliphatic heterocycles. The fourth-order valence-corrected chi connectivity index (χ4v) is 3.20. The lowest BCUT2D eigenvalue weighted by molar-refractivity contribution is -0.120. The fourth-order valence-electron chi connectivity index (χ4n) is 2.10. The van der Waals surface area contributed by atoms with E-state index in [1.165, 1.54) is 0 Å². The summed E-state index contributed by atoms with van der Waals surface area (Å²) < 4.78 is 5.16. The second-order valence-electron chi connectivity index (χ2n) is 5.35. The van der Waals surface area contributed by atoms with Gasteiger partial charge in [-0.1, -0.05) is 28.4 Å². The summed E-state index contributed by atoms with van der Waals surface area (Å²) >= 11 is 13.3. The molecule has 2 aromatic carbocycles. The molecule has 134 valence electrons. The number of hydrogen-bond donors (Lipinski definition) is 1. The maximum absolute atomic E-state index is 11.9. The lowest BCUT2D eigenvalue weighted by Crippen LogP contribution is -2.23. The maximum Gasteiger partial charge on any atom is 0.246 e. The van der Waals surface area contributed by atoms with Crippen LogP contribution in [0.15, 0.2) is 57.9 Å². The Balaban J connectivity index is 1.43. The van der Waals surface area contributed by atoms with E-state index in [-0.39, 0.29) is 12.5 Å². The van der Waals surface area contributed by atoms with Crippen LogP contribution in [0.1, 0.15) is 12.3 Å². The number of nitrogens with one attached hydrogen (secondary N) is 1. The van der Waals surface area contributed by atoms with Gasteiger partial charge < -0.3 is 9.84 Å². The Labute approximate surface area is 165 Å². The van der Waals surface area contributed by atoms with Crippen LogP contribution in [0.5, 0.6) is 0 Å². The molecular formula is C18H15Cl2N3O2S. The van der Waals surface area contributed by atoms with E-state index in [1.807, 2.05) is 36.4 Å². The van der Waals surface area contributed by atoms with Gasteiger partial charge in [-0.2, -0.15) is 4.98 Å². The molecule has 1 N–H and O–H groups in total. The number of carbonyl (C=O) groups excluding carboxylic acids is 1. The summed E-state index contributed by atoms with van der Waals surface area (Å²) in [7, 11) is 0. The fraction of sp³-hybridized carbons (Fsp3) is 0.167. The Kier molecular flexibility index (Phi) is 6.55. The second-order valence-corrected chi connectivity index (χ2v) is 7.39. The average molecular weight is 408 g/mol. The molecule has 1 amide bonds. The van der Waals surface area contributed by atoms with Gasteiger partial charge in [-0.25, -0.2) is 0 Å². The number of carbonyl (C=O) groups is 1. The van der Waals surface area contributed by atoms with E-state index in [1.54, 1.807) is 23.9 Å².